The number of methoxy groups -OCH3 is 1. The molecule has 2 aromatic rings. The summed E-state index contributed by atoms with van der Waals surface area (Å²) in [6.07, 6.45) is 1.83. The third kappa shape index (κ3) is 3.76. The van der Waals surface area contributed by atoms with Crippen LogP contribution in [-0.2, 0) is 6.54 Å². The predicted octanol–water partition coefficient (Wildman–Crippen LogP) is 2.88. The lowest BCUT2D eigenvalue weighted by Gasteiger charge is -2.35. The summed E-state index contributed by atoms with van der Waals surface area (Å²) < 4.78 is 6.08. The summed E-state index contributed by atoms with van der Waals surface area (Å²) in [6.45, 7) is 4.65. The van der Waals surface area contributed by atoms with Gasteiger partial charge in [0.05, 0.1) is 7.11 Å². The average Bonchev–Trinajstić information content (AvgIpc) is 2.59. The number of anilines is 1. The van der Waals surface area contributed by atoms with Gasteiger partial charge in [0.2, 0.25) is 0 Å². The SMILES string of the molecule is COc1cc(Br)c(CN2CCN(c3ccccn3)CC2)cc1O. The number of phenolic OH excluding ortho intramolecular Hbond substituents is 1. The first-order chi connectivity index (χ1) is 11.2. The number of phenols is 1. The molecule has 0 amide bonds. The fraction of sp³-hybridized carbons (Fsp3) is 0.353. The number of halogens is 1. The van der Waals surface area contributed by atoms with Crippen molar-refractivity contribution in [2.24, 2.45) is 0 Å². The molecular weight excluding hydrogens is 358 g/mol. The van der Waals surface area contributed by atoms with Crippen LogP contribution in [0.1, 0.15) is 5.56 Å². The normalized spacial score (nSPS) is 15.7. The number of ether oxygens (including phenoxy) is 1. The molecule has 23 heavy (non-hydrogen) atoms. The molecule has 0 spiro atoms. The standard InChI is InChI=1S/C17H20BrN3O2/c1-23-16-11-14(18)13(10-15(16)22)12-20-6-8-21(9-7-20)17-4-2-3-5-19-17/h2-5,10-11,22H,6-9,12H2,1H3. The van der Waals surface area contributed by atoms with E-state index in [2.05, 4.69) is 30.7 Å². The molecule has 0 aliphatic carbocycles. The van der Waals surface area contributed by atoms with Gasteiger partial charge in [-0.1, -0.05) is 22.0 Å². The van der Waals surface area contributed by atoms with Crippen LogP contribution in [0.4, 0.5) is 5.82 Å². The Morgan fingerprint density at radius 1 is 1.22 bits per heavy atom. The molecule has 1 N–H and O–H groups in total. The number of aromatic nitrogens is 1. The van der Waals surface area contributed by atoms with Gasteiger partial charge in [-0.25, -0.2) is 4.98 Å². The van der Waals surface area contributed by atoms with Crippen LogP contribution in [0.25, 0.3) is 0 Å². The summed E-state index contributed by atoms with van der Waals surface area (Å²) in [4.78, 5) is 9.09. The summed E-state index contributed by atoms with van der Waals surface area (Å²) in [7, 11) is 1.55. The van der Waals surface area contributed by atoms with Gasteiger partial charge >= 0.3 is 0 Å². The molecule has 1 aliphatic rings. The molecule has 122 valence electrons. The van der Waals surface area contributed by atoms with E-state index < -0.39 is 0 Å². The van der Waals surface area contributed by atoms with E-state index in [1.165, 1.54) is 0 Å². The summed E-state index contributed by atoms with van der Waals surface area (Å²) in [5, 5.41) is 9.96. The maximum Gasteiger partial charge on any atom is 0.161 e. The van der Waals surface area contributed by atoms with Gasteiger partial charge in [-0.2, -0.15) is 0 Å². The molecule has 1 saturated heterocycles. The van der Waals surface area contributed by atoms with Crippen molar-refractivity contribution < 1.29 is 9.84 Å². The van der Waals surface area contributed by atoms with Crippen molar-refractivity contribution >= 4 is 21.7 Å². The van der Waals surface area contributed by atoms with E-state index in [-0.39, 0.29) is 5.75 Å². The molecule has 0 bridgehead atoms. The topological polar surface area (TPSA) is 48.8 Å². The quantitative estimate of drug-likeness (QED) is 0.887. The highest BCUT2D eigenvalue weighted by Crippen LogP contribution is 2.33. The van der Waals surface area contributed by atoms with Crippen molar-refractivity contribution in [2.45, 2.75) is 6.54 Å². The number of piperazine rings is 1. The Labute approximate surface area is 144 Å². The minimum Gasteiger partial charge on any atom is -0.504 e. The van der Waals surface area contributed by atoms with Crippen LogP contribution in [0.5, 0.6) is 11.5 Å². The summed E-state index contributed by atoms with van der Waals surface area (Å²) >= 11 is 3.56. The Bertz CT molecular complexity index is 658. The van der Waals surface area contributed by atoms with E-state index in [9.17, 15) is 5.11 Å². The van der Waals surface area contributed by atoms with E-state index in [4.69, 9.17) is 4.74 Å². The van der Waals surface area contributed by atoms with Crippen molar-refractivity contribution in [3.63, 3.8) is 0 Å². The van der Waals surface area contributed by atoms with Crippen molar-refractivity contribution in [1.29, 1.82) is 0 Å². The molecule has 0 radical (unpaired) electrons. The Morgan fingerprint density at radius 2 is 2.00 bits per heavy atom. The second-order valence-corrected chi connectivity index (χ2v) is 6.42. The van der Waals surface area contributed by atoms with Crippen LogP contribution in [0.3, 0.4) is 0 Å². The smallest absolute Gasteiger partial charge is 0.161 e. The third-order valence-electron chi connectivity index (χ3n) is 4.09. The summed E-state index contributed by atoms with van der Waals surface area (Å²) in [6, 6.07) is 9.59. The highest BCUT2D eigenvalue weighted by Gasteiger charge is 2.19. The molecule has 3 rings (SSSR count). The monoisotopic (exact) mass is 377 g/mol. The minimum absolute atomic E-state index is 0.179. The Kier molecular flexibility index (Phi) is 5.03. The first-order valence-electron chi connectivity index (χ1n) is 7.61. The van der Waals surface area contributed by atoms with Crippen LogP contribution in [0.15, 0.2) is 41.0 Å². The van der Waals surface area contributed by atoms with Crippen LogP contribution in [0, 0.1) is 0 Å². The molecule has 1 aromatic carbocycles. The molecule has 2 heterocycles. The van der Waals surface area contributed by atoms with E-state index >= 15 is 0 Å². The molecule has 6 heteroatoms. The number of hydrogen-bond acceptors (Lipinski definition) is 5. The van der Waals surface area contributed by atoms with E-state index in [0.29, 0.717) is 5.75 Å². The fourth-order valence-corrected chi connectivity index (χ4v) is 3.24. The molecule has 0 atom stereocenters. The molecule has 1 fully saturated rings. The zero-order valence-electron chi connectivity index (χ0n) is 13.1. The Hall–Kier alpha value is -1.79. The molecule has 5 nitrogen and oxygen atoms in total. The van der Waals surface area contributed by atoms with E-state index in [1.54, 1.807) is 13.2 Å². The van der Waals surface area contributed by atoms with Gasteiger partial charge in [-0.3, -0.25) is 4.90 Å². The number of hydrogen-bond donors (Lipinski definition) is 1. The second kappa shape index (κ2) is 7.19. The fourth-order valence-electron chi connectivity index (χ4n) is 2.79. The van der Waals surface area contributed by atoms with Gasteiger partial charge in [0.25, 0.3) is 0 Å². The van der Waals surface area contributed by atoms with Crippen molar-refractivity contribution in [3.8, 4) is 11.5 Å². The molecule has 0 saturated carbocycles. The molecule has 1 aliphatic heterocycles. The lowest BCUT2D eigenvalue weighted by molar-refractivity contribution is 0.248. The van der Waals surface area contributed by atoms with Crippen LogP contribution < -0.4 is 9.64 Å². The highest BCUT2D eigenvalue weighted by atomic mass is 79.9. The van der Waals surface area contributed by atoms with Crippen LogP contribution >= 0.6 is 15.9 Å². The number of aromatic hydroxyl groups is 1. The van der Waals surface area contributed by atoms with Gasteiger partial charge in [0.1, 0.15) is 5.82 Å². The van der Waals surface area contributed by atoms with Crippen LogP contribution in [-0.4, -0.2) is 48.3 Å². The highest BCUT2D eigenvalue weighted by molar-refractivity contribution is 9.10. The lowest BCUT2D eigenvalue weighted by Crippen LogP contribution is -2.46. The summed E-state index contributed by atoms with van der Waals surface area (Å²) in [5.74, 6) is 1.70. The number of rotatable bonds is 4. The lowest BCUT2D eigenvalue weighted by atomic mass is 10.1. The third-order valence-corrected chi connectivity index (χ3v) is 4.83. The average molecular weight is 378 g/mol. The minimum atomic E-state index is 0.179. The Balaban J connectivity index is 1.62. The van der Waals surface area contributed by atoms with Gasteiger partial charge in [-0.15, -0.1) is 0 Å². The molecular formula is C17H20BrN3O2. The summed E-state index contributed by atoms with van der Waals surface area (Å²) in [5.41, 5.74) is 1.06. The first-order valence-corrected chi connectivity index (χ1v) is 8.40. The largest absolute Gasteiger partial charge is 0.504 e. The zero-order valence-corrected chi connectivity index (χ0v) is 14.7. The maximum absolute atomic E-state index is 9.96. The van der Waals surface area contributed by atoms with Crippen molar-refractivity contribution in [1.82, 2.24) is 9.88 Å². The van der Waals surface area contributed by atoms with E-state index in [1.807, 2.05) is 30.5 Å². The molecule has 1 aromatic heterocycles. The van der Waals surface area contributed by atoms with Crippen LogP contribution in [0.2, 0.25) is 0 Å². The predicted molar refractivity (Wildman–Crippen MR) is 94.1 cm³/mol. The van der Waals surface area contributed by atoms with Gasteiger partial charge in [0, 0.05) is 43.4 Å². The van der Waals surface area contributed by atoms with Crippen molar-refractivity contribution in [3.05, 3.63) is 46.6 Å². The maximum atomic E-state index is 9.96. The van der Waals surface area contributed by atoms with Gasteiger partial charge in [0.15, 0.2) is 11.5 Å². The molecule has 0 unspecified atom stereocenters. The number of benzene rings is 1. The van der Waals surface area contributed by atoms with Gasteiger partial charge < -0.3 is 14.7 Å². The first kappa shape index (κ1) is 16.1. The second-order valence-electron chi connectivity index (χ2n) is 5.57. The number of nitrogens with zero attached hydrogens (tertiary/aromatic N) is 3. The number of pyridine rings is 1. The van der Waals surface area contributed by atoms with E-state index in [0.717, 1.165) is 48.6 Å². The zero-order chi connectivity index (χ0) is 16.2. The van der Waals surface area contributed by atoms with Crippen molar-refractivity contribution in [2.75, 3.05) is 38.2 Å². The Morgan fingerprint density at radius 3 is 2.65 bits per heavy atom. The van der Waals surface area contributed by atoms with Gasteiger partial charge in [-0.05, 0) is 29.8 Å².